The topological polar surface area (TPSA) is 86.5 Å². The molecule has 32 heavy (non-hydrogen) atoms. The second-order valence-electron chi connectivity index (χ2n) is 9.01. The number of hydrogen-bond donors (Lipinski definition) is 1. The molecule has 2 N–H and O–H groups in total. The highest BCUT2D eigenvalue weighted by Gasteiger charge is 2.46. The first-order chi connectivity index (χ1) is 15.2. The summed E-state index contributed by atoms with van der Waals surface area (Å²) in [5.74, 6) is 0.546. The molecular weight excluding hydrogens is 466 g/mol. The predicted molar refractivity (Wildman–Crippen MR) is 129 cm³/mol. The van der Waals surface area contributed by atoms with Gasteiger partial charge in [-0.2, -0.15) is 0 Å². The van der Waals surface area contributed by atoms with Gasteiger partial charge in [-0.1, -0.05) is 31.4 Å². The highest BCUT2D eigenvalue weighted by molar-refractivity contribution is 7.89. The predicted octanol–water partition coefficient (Wildman–Crippen LogP) is 5.83. The molecule has 4 unspecified atom stereocenters. The molecule has 0 aliphatic heterocycles. The number of rotatable bonds is 5. The Morgan fingerprint density at radius 2 is 1.78 bits per heavy atom. The average molecular weight is 496 g/mol. The van der Waals surface area contributed by atoms with Crippen LogP contribution >= 0.6 is 22.9 Å². The van der Waals surface area contributed by atoms with Crippen LogP contribution in [0, 0.1) is 18.8 Å². The largest absolute Gasteiger partial charge is 0.422 e. The van der Waals surface area contributed by atoms with Crippen LogP contribution in [0.25, 0.3) is 0 Å². The summed E-state index contributed by atoms with van der Waals surface area (Å²) < 4.78 is 30.3. The van der Waals surface area contributed by atoms with Crippen molar-refractivity contribution >= 4 is 38.9 Å². The molecule has 0 saturated heterocycles. The normalized spacial score (nSPS) is 25.9. The minimum atomic E-state index is -3.58. The first-order valence-electron chi connectivity index (χ1n) is 11.3. The lowest BCUT2D eigenvalue weighted by molar-refractivity contribution is 0.0735. The zero-order valence-electron chi connectivity index (χ0n) is 18.5. The molecule has 0 bridgehead atoms. The van der Waals surface area contributed by atoms with E-state index in [4.69, 9.17) is 21.5 Å². The maximum Gasteiger partial charge on any atom is 0.354 e. The quantitative estimate of drug-likeness (QED) is 0.417. The van der Waals surface area contributed by atoms with E-state index in [0.29, 0.717) is 22.1 Å². The third-order valence-corrected chi connectivity index (χ3v) is 10.4. The Morgan fingerprint density at radius 3 is 2.41 bits per heavy atom. The Hall–Kier alpha value is -1.41. The van der Waals surface area contributed by atoms with Crippen LogP contribution in [0.5, 0.6) is 5.75 Å². The highest BCUT2D eigenvalue weighted by Crippen LogP contribution is 2.52. The van der Waals surface area contributed by atoms with Crippen molar-refractivity contribution in [1.82, 2.24) is 0 Å². The minimum Gasteiger partial charge on any atom is -0.422 e. The van der Waals surface area contributed by atoms with E-state index in [2.05, 4.69) is 13.8 Å². The third-order valence-electron chi connectivity index (χ3n) is 7.25. The van der Waals surface area contributed by atoms with Gasteiger partial charge in [0.05, 0.1) is 5.25 Å². The summed E-state index contributed by atoms with van der Waals surface area (Å²) in [7, 11) is -3.58. The van der Waals surface area contributed by atoms with Gasteiger partial charge < -0.3 is 4.74 Å². The number of carbonyl (C=O) groups is 1. The molecule has 0 radical (unpaired) electrons. The number of nitrogens with two attached hydrogens (primary N) is 1. The van der Waals surface area contributed by atoms with Gasteiger partial charge in [-0.25, -0.2) is 18.4 Å². The Labute approximate surface area is 199 Å². The number of esters is 1. The lowest BCUT2D eigenvalue weighted by Gasteiger charge is -2.45. The van der Waals surface area contributed by atoms with Gasteiger partial charge in [-0.3, -0.25) is 0 Å². The molecule has 2 aromatic rings. The molecule has 174 valence electrons. The highest BCUT2D eigenvalue weighted by atomic mass is 35.5. The van der Waals surface area contributed by atoms with Gasteiger partial charge in [0.25, 0.3) is 0 Å². The molecule has 5 nitrogen and oxygen atoms in total. The van der Waals surface area contributed by atoms with E-state index in [9.17, 15) is 13.2 Å². The molecule has 8 heteroatoms. The first-order valence-corrected chi connectivity index (χ1v) is 14.1. The van der Waals surface area contributed by atoms with Crippen molar-refractivity contribution in [3.05, 3.63) is 50.2 Å². The van der Waals surface area contributed by atoms with Crippen molar-refractivity contribution in [2.45, 2.75) is 70.0 Å². The summed E-state index contributed by atoms with van der Waals surface area (Å²) in [6.07, 6.45) is 6.10. The third kappa shape index (κ3) is 4.63. The number of hydrogen-bond acceptors (Lipinski definition) is 5. The van der Waals surface area contributed by atoms with E-state index in [1.807, 2.05) is 0 Å². The van der Waals surface area contributed by atoms with Crippen LogP contribution in [0.3, 0.4) is 0 Å². The van der Waals surface area contributed by atoms with Crippen molar-refractivity contribution in [1.29, 1.82) is 0 Å². The molecule has 1 aromatic heterocycles. The number of ether oxygens (including phenoxy) is 1. The van der Waals surface area contributed by atoms with E-state index in [-0.39, 0.29) is 23.7 Å². The summed E-state index contributed by atoms with van der Waals surface area (Å²) >= 11 is 7.47. The van der Waals surface area contributed by atoms with E-state index in [0.717, 1.165) is 49.7 Å². The number of halogens is 1. The summed E-state index contributed by atoms with van der Waals surface area (Å²) in [6.45, 7) is 4.19. The average Bonchev–Trinajstić information content (AvgIpc) is 3.10. The van der Waals surface area contributed by atoms with Gasteiger partial charge in [-0.15, -0.1) is 11.3 Å². The van der Waals surface area contributed by atoms with Crippen LogP contribution in [0.4, 0.5) is 0 Å². The summed E-state index contributed by atoms with van der Waals surface area (Å²) in [4.78, 5) is 15.1. The number of thiophene rings is 1. The van der Waals surface area contributed by atoms with Crippen LogP contribution in [-0.2, 0) is 16.4 Å². The lowest BCUT2D eigenvalue weighted by Crippen LogP contribution is -2.45. The van der Waals surface area contributed by atoms with E-state index < -0.39 is 15.3 Å². The zero-order valence-corrected chi connectivity index (χ0v) is 20.9. The van der Waals surface area contributed by atoms with E-state index >= 15 is 0 Å². The van der Waals surface area contributed by atoms with Crippen molar-refractivity contribution in [3.63, 3.8) is 0 Å². The lowest BCUT2D eigenvalue weighted by atomic mass is 9.63. The molecular formula is C24H30ClNO4S2. The van der Waals surface area contributed by atoms with Gasteiger partial charge in [0.2, 0.25) is 10.0 Å². The Kier molecular flexibility index (Phi) is 7.01. The van der Waals surface area contributed by atoms with Gasteiger partial charge in [0.15, 0.2) is 0 Å². The molecule has 0 amide bonds. The number of benzene rings is 1. The maximum absolute atomic E-state index is 13.3. The molecule has 4 atom stereocenters. The van der Waals surface area contributed by atoms with Crippen molar-refractivity contribution in [2.24, 2.45) is 17.0 Å². The van der Waals surface area contributed by atoms with Crippen LogP contribution in [0.1, 0.15) is 77.0 Å². The van der Waals surface area contributed by atoms with Crippen LogP contribution < -0.4 is 9.88 Å². The molecule has 4 rings (SSSR count). The number of fused-ring (bicyclic) bond motifs is 1. The van der Waals surface area contributed by atoms with Crippen LogP contribution in [0.2, 0.25) is 5.02 Å². The molecule has 1 aromatic carbocycles. The standard InChI is InChI=1S/C24H30ClNO4S2/c1-3-20-14(2)22(23(31-20)24(27)30-16-10-8-15(25)9-11-16)19-12-13-21(32(26,28)29)18-7-5-4-6-17(18)19/h8-11,17-19,21H,3-7,12-13H2,1-2H3,(H2,26,28,29). The summed E-state index contributed by atoms with van der Waals surface area (Å²) in [5, 5.41) is 5.73. The Morgan fingerprint density at radius 1 is 1.12 bits per heavy atom. The molecule has 2 aliphatic carbocycles. The van der Waals surface area contributed by atoms with Crippen LogP contribution in [-0.4, -0.2) is 19.6 Å². The fourth-order valence-electron chi connectivity index (χ4n) is 5.85. The Balaban J connectivity index is 1.70. The second-order valence-corrected chi connectivity index (χ2v) is 12.3. The number of primary sulfonamides is 1. The number of sulfonamides is 1. The number of aryl methyl sites for hydroxylation is 1. The van der Waals surface area contributed by atoms with Gasteiger partial charge in [0.1, 0.15) is 10.6 Å². The maximum atomic E-state index is 13.3. The van der Waals surface area contributed by atoms with Crippen molar-refractivity contribution < 1.29 is 17.9 Å². The van der Waals surface area contributed by atoms with Crippen LogP contribution in [0.15, 0.2) is 24.3 Å². The summed E-state index contributed by atoms with van der Waals surface area (Å²) in [5.41, 5.74) is 2.22. The Bertz CT molecular complexity index is 1090. The van der Waals surface area contributed by atoms with Crippen molar-refractivity contribution in [2.75, 3.05) is 0 Å². The summed E-state index contributed by atoms with van der Waals surface area (Å²) in [6, 6.07) is 6.78. The molecule has 1 heterocycles. The first kappa shape index (κ1) is 23.7. The minimum absolute atomic E-state index is 0.0574. The number of carbonyl (C=O) groups excluding carboxylic acids is 1. The van der Waals surface area contributed by atoms with Crippen molar-refractivity contribution in [3.8, 4) is 5.75 Å². The van der Waals surface area contributed by atoms with Gasteiger partial charge >= 0.3 is 5.97 Å². The second kappa shape index (κ2) is 9.45. The smallest absolute Gasteiger partial charge is 0.354 e. The monoisotopic (exact) mass is 495 g/mol. The fraction of sp³-hybridized carbons (Fsp3) is 0.542. The van der Waals surface area contributed by atoms with Gasteiger partial charge in [0, 0.05) is 9.90 Å². The molecule has 0 spiro atoms. The zero-order chi connectivity index (χ0) is 23.0. The molecule has 2 aliphatic rings. The van der Waals surface area contributed by atoms with Gasteiger partial charge in [-0.05, 0) is 92.2 Å². The SMILES string of the molecule is CCc1sc(C(=O)Oc2ccc(Cl)cc2)c(C2CCC(S(N)(=O)=O)C3CCCCC23)c1C. The van der Waals surface area contributed by atoms with E-state index in [1.54, 1.807) is 24.3 Å². The van der Waals surface area contributed by atoms with E-state index in [1.165, 1.54) is 16.2 Å². The fourth-order valence-corrected chi connectivity index (χ4v) is 8.46. The molecule has 2 saturated carbocycles. The molecule has 2 fully saturated rings.